The molecule has 5 N–H and O–H groups in total. The zero-order valence-corrected chi connectivity index (χ0v) is 83.1. The van der Waals surface area contributed by atoms with Crippen molar-refractivity contribution in [1.82, 2.24) is 99.1 Å². The van der Waals surface area contributed by atoms with E-state index in [2.05, 4.69) is 87.4 Å². The first kappa shape index (κ1) is 115. The van der Waals surface area contributed by atoms with Gasteiger partial charge in [-0.25, -0.2) is 33.2 Å². The highest BCUT2D eigenvalue weighted by atomic mass is 35.5. The van der Waals surface area contributed by atoms with Gasteiger partial charge in [0.05, 0.1) is 182 Å². The average Bonchev–Trinajstić information content (AvgIpc) is 1.54. The molecule has 0 aliphatic heterocycles. The maximum atomic E-state index is 12.6. The van der Waals surface area contributed by atoms with E-state index < -0.39 is 22.4 Å². The third-order valence-corrected chi connectivity index (χ3v) is 21.1. The fourth-order valence-corrected chi connectivity index (χ4v) is 12.8. The summed E-state index contributed by atoms with van der Waals surface area (Å²) in [5.74, 6) is -3.12. The van der Waals surface area contributed by atoms with Crippen LogP contribution in [0.3, 0.4) is 0 Å². The largest absolute Gasteiger partial charge is 0.478 e. The van der Waals surface area contributed by atoms with E-state index in [4.69, 9.17) is 52.5 Å². The van der Waals surface area contributed by atoms with Crippen molar-refractivity contribution < 1.29 is 91.0 Å². The number of halogens is 3. The molecule has 6 atom stereocenters. The minimum Gasteiger partial charge on any atom is -0.478 e. The Morgan fingerprint density at radius 1 is 0.342 bits per heavy atom. The number of ether oxygens (including phenoxy) is 5. The molecule has 760 valence electrons. The molecule has 7 aromatic carbocycles. The summed E-state index contributed by atoms with van der Waals surface area (Å²) in [6.07, 6.45) is 32.5. The monoisotopic (exact) mass is 2030 g/mol. The van der Waals surface area contributed by atoms with Gasteiger partial charge in [-0.2, -0.15) is 60.6 Å². The standard InChI is InChI=1S/2C14H16N2O2.2C12H11ClN2O.2C12H12N2O2.C11H9FN2O2.2C6H8N2O2.C5H8N2.CO2/c2*1-3-18-14(17)13-9-15-16(10-13)11(2)12-7-5-4-6-8-12;2*1-9(10-5-3-2-4-6-10)15-8-11(7-14-15)12(13)16;2*1-9(10-5-3-2-4-6-10)14-8-11(7-13-14)12(15)16;12-10-3-1-9(2-4-10)6-14-7-11(5-13-14)16-8-15;2*1-2-10-6(9)5-3-7-8-4-5;1-2-5-3-6-7-4-5;2-1-3/h2*4-11H,3H2,1-2H3;2*2-9H,1H3;2*2-9H,1H3,(H,15,16);1-5,7-8H,6H2;2*3-4H,2H2,1H3,(H,7,8);3-4H,2H2,1H3,(H,6,7);/t2*11-;4*9-;;;;;/m101010...../s1. The van der Waals surface area contributed by atoms with Crippen molar-refractivity contribution in [3.8, 4) is 5.75 Å². The van der Waals surface area contributed by atoms with Crippen molar-refractivity contribution in [1.29, 1.82) is 0 Å². The van der Waals surface area contributed by atoms with Crippen LogP contribution in [0.2, 0.25) is 0 Å². The lowest BCUT2D eigenvalue weighted by Gasteiger charge is -2.11. The van der Waals surface area contributed by atoms with E-state index in [9.17, 15) is 47.5 Å². The Morgan fingerprint density at radius 3 is 0.829 bits per heavy atom. The van der Waals surface area contributed by atoms with Crippen LogP contribution in [-0.4, -0.2) is 195 Å². The number of nitrogens with zero attached hydrogens (tertiary/aromatic N) is 17. The number of aryl methyl sites for hydroxylation is 1. The number of carbonyl (C=O) groups excluding carboxylic acids is 9. The second-order valence-electron chi connectivity index (χ2n) is 30.5. The maximum Gasteiger partial charge on any atom is 0.373 e. The van der Waals surface area contributed by atoms with Gasteiger partial charge in [0.2, 0.25) is 0 Å². The molecule has 0 unspecified atom stereocenters. The second-order valence-corrected chi connectivity index (χ2v) is 31.2. The highest BCUT2D eigenvalue weighted by Crippen LogP contribution is 2.25. The number of aromatic nitrogens is 20. The first-order valence-electron chi connectivity index (χ1n) is 45.4. The van der Waals surface area contributed by atoms with E-state index in [1.54, 1.807) is 116 Å². The lowest BCUT2D eigenvalue weighted by molar-refractivity contribution is -0.191. The molecule has 41 heteroatoms. The van der Waals surface area contributed by atoms with Gasteiger partial charge in [-0.1, -0.05) is 201 Å². The van der Waals surface area contributed by atoms with Gasteiger partial charge in [0.25, 0.3) is 17.0 Å². The van der Waals surface area contributed by atoms with Gasteiger partial charge >= 0.3 is 42.0 Å². The third-order valence-electron chi connectivity index (χ3n) is 20.7. The molecule has 0 aliphatic carbocycles. The number of aromatic amines is 3. The zero-order chi connectivity index (χ0) is 106. The van der Waals surface area contributed by atoms with Crippen LogP contribution in [0.15, 0.2) is 330 Å². The number of hydrogen-bond donors (Lipinski definition) is 5. The average molecular weight is 2030 g/mol. The number of carboxylic acids is 2. The molecular weight excluding hydrogens is 1920 g/mol. The zero-order valence-electron chi connectivity index (χ0n) is 81.6. The summed E-state index contributed by atoms with van der Waals surface area (Å²) >= 11 is 10.7. The second kappa shape index (κ2) is 63.1. The number of hydrogen-bond acceptors (Lipinski definition) is 26. The lowest BCUT2D eigenvalue weighted by Crippen LogP contribution is -2.07. The predicted molar refractivity (Wildman–Crippen MR) is 538 cm³/mol. The van der Waals surface area contributed by atoms with Crippen molar-refractivity contribution >= 4 is 82.1 Å². The summed E-state index contributed by atoms with van der Waals surface area (Å²) in [5.41, 5.74) is 12.1. The molecule has 38 nitrogen and oxygen atoms in total. The Kier molecular flexibility index (Phi) is 49.7. The molecule has 0 fully saturated rings. The molecule has 0 spiro atoms. The molecule has 0 saturated heterocycles. The molecule has 10 aromatic heterocycles. The van der Waals surface area contributed by atoms with Gasteiger partial charge in [0.15, 0.2) is 5.75 Å². The van der Waals surface area contributed by atoms with Crippen LogP contribution in [0.25, 0.3) is 0 Å². The summed E-state index contributed by atoms with van der Waals surface area (Å²) in [5, 5.41) is 64.1. The number of H-pyrrole nitrogens is 3. The third kappa shape index (κ3) is 39.0. The first-order chi connectivity index (χ1) is 70.5. The summed E-state index contributed by atoms with van der Waals surface area (Å²) in [6.45, 7) is 23.7. The van der Waals surface area contributed by atoms with Crippen molar-refractivity contribution in [2.45, 2.75) is 125 Å². The minimum absolute atomic E-state index is 0.0364. The van der Waals surface area contributed by atoms with E-state index in [1.165, 1.54) is 85.9 Å². The molecule has 0 aliphatic rings. The number of carboxylic acid groups (broad SMARTS) is 2. The molecule has 0 saturated carbocycles. The fourth-order valence-electron chi connectivity index (χ4n) is 12.6. The van der Waals surface area contributed by atoms with Gasteiger partial charge < -0.3 is 33.9 Å². The lowest BCUT2D eigenvalue weighted by atomic mass is 10.1. The highest BCUT2D eigenvalue weighted by molar-refractivity contribution is 6.68. The van der Waals surface area contributed by atoms with Gasteiger partial charge in [-0.05, 0) is 156 Å². The number of aromatic carboxylic acids is 2. The molecular formula is C105H111Cl2FN20O18. The number of benzene rings is 7. The number of esters is 4. The molecule has 0 amide bonds. The Labute approximate surface area is 850 Å². The summed E-state index contributed by atoms with van der Waals surface area (Å²) in [7, 11) is 0. The Balaban J connectivity index is 0.000000221. The Morgan fingerprint density at radius 2 is 0.603 bits per heavy atom. The quantitative estimate of drug-likeness (QED) is 0.0126. The van der Waals surface area contributed by atoms with Crippen LogP contribution >= 0.6 is 23.2 Å². The van der Waals surface area contributed by atoms with E-state index >= 15 is 0 Å². The van der Waals surface area contributed by atoms with Crippen molar-refractivity contribution in [2.24, 2.45) is 0 Å². The topological polar surface area (TPSA) is 485 Å². The van der Waals surface area contributed by atoms with Crippen LogP contribution in [0.4, 0.5) is 4.39 Å². The molecule has 10 heterocycles. The van der Waals surface area contributed by atoms with E-state index in [0.29, 0.717) is 78.6 Å². The smallest absolute Gasteiger partial charge is 0.373 e. The van der Waals surface area contributed by atoms with Crippen LogP contribution in [-0.2, 0) is 46.3 Å². The maximum absolute atomic E-state index is 12.6. The molecule has 17 aromatic rings. The number of rotatable bonds is 29. The van der Waals surface area contributed by atoms with Crippen LogP contribution in [0.5, 0.6) is 5.75 Å². The van der Waals surface area contributed by atoms with Crippen LogP contribution < -0.4 is 4.74 Å². The van der Waals surface area contributed by atoms with Crippen molar-refractivity contribution in [2.75, 3.05) is 26.4 Å². The summed E-state index contributed by atoms with van der Waals surface area (Å²) in [4.78, 5) is 114. The molecule has 146 heavy (non-hydrogen) atoms. The van der Waals surface area contributed by atoms with Gasteiger partial charge in [-0.3, -0.25) is 62.5 Å². The summed E-state index contributed by atoms with van der Waals surface area (Å²) in [6, 6.07) is 66.2. The van der Waals surface area contributed by atoms with Crippen LogP contribution in [0.1, 0.15) is 240 Å². The van der Waals surface area contributed by atoms with E-state index in [-0.39, 0.29) is 83.2 Å². The Hall–Kier alpha value is -17.8. The molecule has 0 bridgehead atoms. The normalized spacial score (nSPS) is 11.3. The van der Waals surface area contributed by atoms with Gasteiger partial charge in [0, 0.05) is 55.8 Å². The highest BCUT2D eigenvalue weighted by Gasteiger charge is 2.20. The van der Waals surface area contributed by atoms with Crippen molar-refractivity contribution in [3.05, 3.63) is 425 Å². The van der Waals surface area contributed by atoms with E-state index in [1.807, 2.05) is 236 Å². The molecule has 0 radical (unpaired) electrons. The SMILES string of the molecule is CCOC(=O)c1cn[nH]c1.CCOC(=O)c1cn[nH]c1.CCOC(=O)c1cnn([C@@H](C)c2ccccc2)c1.CCOC(=O)c1cnn([C@H](C)c2ccccc2)c1.CCc1cn[nH]c1.C[C@@H](c1ccccc1)n1cc(C(=O)Cl)cn1.C[C@@H](c1ccccc1)n1cc(C(=O)O)cn1.C[C@H](c1ccccc1)n1cc(C(=O)Cl)cn1.C[C@H](c1ccccc1)n1cc(C(=O)O)cn1.O=C=O.O=COc1cnn(Cc2ccc(F)cc2)c1. The minimum atomic E-state index is -0.952. The number of nitrogens with one attached hydrogen (secondary N) is 3. The van der Waals surface area contributed by atoms with Gasteiger partial charge in [0.1, 0.15) is 5.82 Å². The van der Waals surface area contributed by atoms with E-state index in [0.717, 1.165) is 45.4 Å². The Bertz CT molecular complexity index is 6200. The molecule has 17 rings (SSSR count). The first-order valence-corrected chi connectivity index (χ1v) is 46.1. The summed E-state index contributed by atoms with van der Waals surface area (Å²) < 4.78 is 48.4. The van der Waals surface area contributed by atoms with Crippen LogP contribution in [0, 0.1) is 5.82 Å². The van der Waals surface area contributed by atoms with Crippen molar-refractivity contribution in [3.63, 3.8) is 0 Å². The van der Waals surface area contributed by atoms with Gasteiger partial charge in [-0.15, -0.1) is 0 Å². The predicted octanol–water partition coefficient (Wildman–Crippen LogP) is 18.6. The number of carbonyl (C=O) groups is 9. The fraction of sp³-hybridized carbons (Fsp3) is 0.219.